The third-order valence-corrected chi connectivity index (χ3v) is 4.43. The van der Waals surface area contributed by atoms with E-state index >= 15 is 0 Å². The van der Waals surface area contributed by atoms with E-state index in [0.29, 0.717) is 6.54 Å². The molecule has 1 aromatic carbocycles. The maximum Gasteiger partial charge on any atom is 0.169 e. The van der Waals surface area contributed by atoms with Crippen LogP contribution in [0, 0.1) is 5.82 Å². The van der Waals surface area contributed by atoms with Gasteiger partial charge in [-0.3, -0.25) is 4.90 Å². The summed E-state index contributed by atoms with van der Waals surface area (Å²) >= 11 is 7.74. The van der Waals surface area contributed by atoms with Gasteiger partial charge in [0.25, 0.3) is 0 Å². The Morgan fingerprint density at radius 2 is 2.00 bits per heavy atom. The highest BCUT2D eigenvalue weighted by Gasteiger charge is 2.15. The smallest absolute Gasteiger partial charge is 0.169 e. The van der Waals surface area contributed by atoms with Crippen LogP contribution in [0.4, 0.5) is 21.5 Å². The molecule has 1 aromatic rings. The molecular formula is C12H18ClFN4S. The number of halogens is 2. The van der Waals surface area contributed by atoms with Crippen molar-refractivity contribution in [3.8, 4) is 0 Å². The number of hydrogen-bond donors (Lipinski definition) is 3. The second-order valence-corrected chi connectivity index (χ2v) is 6.04. The van der Waals surface area contributed by atoms with Crippen LogP contribution in [0.3, 0.4) is 0 Å². The first-order valence-electron chi connectivity index (χ1n) is 6.16. The van der Waals surface area contributed by atoms with Gasteiger partial charge in [-0.1, -0.05) is 11.6 Å². The average Bonchev–Trinajstić information content (AvgIpc) is 2.41. The Kier molecular flexibility index (Phi) is 5.01. The van der Waals surface area contributed by atoms with Crippen LogP contribution in [0.5, 0.6) is 0 Å². The molecule has 0 aromatic heterocycles. The summed E-state index contributed by atoms with van der Waals surface area (Å²) in [5.41, 5.74) is 12.0. The Bertz CT molecular complexity index is 452. The zero-order valence-corrected chi connectivity index (χ0v) is 12.2. The summed E-state index contributed by atoms with van der Waals surface area (Å²) in [5, 5.41) is 2.93. The van der Waals surface area contributed by atoms with Crippen LogP contribution >= 0.6 is 23.4 Å². The van der Waals surface area contributed by atoms with Crippen molar-refractivity contribution in [1.29, 1.82) is 0 Å². The average molecular weight is 305 g/mol. The van der Waals surface area contributed by atoms with Gasteiger partial charge in [-0.05, 0) is 6.07 Å². The lowest BCUT2D eigenvalue weighted by Crippen LogP contribution is -2.36. The second-order valence-electron chi connectivity index (χ2n) is 4.44. The number of thioether (sulfide) groups is 1. The van der Waals surface area contributed by atoms with Crippen LogP contribution in [0.1, 0.15) is 0 Å². The highest BCUT2D eigenvalue weighted by Crippen LogP contribution is 2.33. The van der Waals surface area contributed by atoms with E-state index < -0.39 is 5.82 Å². The maximum atomic E-state index is 13.9. The number of nitrogens with two attached hydrogens (primary N) is 2. The molecule has 1 fully saturated rings. The highest BCUT2D eigenvalue weighted by molar-refractivity contribution is 7.99. The second kappa shape index (κ2) is 6.54. The van der Waals surface area contributed by atoms with Crippen molar-refractivity contribution in [2.24, 2.45) is 0 Å². The van der Waals surface area contributed by atoms with Crippen molar-refractivity contribution in [1.82, 2.24) is 4.90 Å². The Hall–Kier alpha value is -0.850. The molecule has 2 rings (SSSR count). The van der Waals surface area contributed by atoms with Gasteiger partial charge in [-0.2, -0.15) is 11.8 Å². The van der Waals surface area contributed by atoms with Crippen molar-refractivity contribution in [2.45, 2.75) is 0 Å². The van der Waals surface area contributed by atoms with Crippen LogP contribution in [0.15, 0.2) is 6.07 Å². The Labute approximate surface area is 121 Å². The Morgan fingerprint density at radius 3 is 2.68 bits per heavy atom. The van der Waals surface area contributed by atoms with Gasteiger partial charge in [0.2, 0.25) is 0 Å². The topological polar surface area (TPSA) is 67.3 Å². The molecule has 106 valence electrons. The maximum absolute atomic E-state index is 13.9. The van der Waals surface area contributed by atoms with Gasteiger partial charge in [0.05, 0.1) is 17.1 Å². The van der Waals surface area contributed by atoms with E-state index in [4.69, 9.17) is 23.1 Å². The molecule has 0 spiro atoms. The van der Waals surface area contributed by atoms with Crippen LogP contribution in [-0.4, -0.2) is 42.6 Å². The first kappa shape index (κ1) is 14.6. The number of rotatable bonds is 4. The van der Waals surface area contributed by atoms with E-state index in [0.717, 1.165) is 31.1 Å². The van der Waals surface area contributed by atoms with Gasteiger partial charge in [-0.25, -0.2) is 4.39 Å². The molecule has 0 atom stereocenters. The Morgan fingerprint density at radius 1 is 1.32 bits per heavy atom. The number of nitrogens with zero attached hydrogens (tertiary/aromatic N) is 1. The summed E-state index contributed by atoms with van der Waals surface area (Å²) in [5.74, 6) is 1.74. The third kappa shape index (κ3) is 3.58. The van der Waals surface area contributed by atoms with Crippen molar-refractivity contribution in [3.63, 3.8) is 0 Å². The molecule has 1 heterocycles. The van der Waals surface area contributed by atoms with E-state index in [-0.39, 0.29) is 22.1 Å². The molecular weight excluding hydrogens is 287 g/mol. The van der Waals surface area contributed by atoms with Crippen LogP contribution in [0.2, 0.25) is 5.02 Å². The Balaban J connectivity index is 1.94. The van der Waals surface area contributed by atoms with Gasteiger partial charge in [0, 0.05) is 37.7 Å². The van der Waals surface area contributed by atoms with E-state index in [1.165, 1.54) is 6.07 Å². The predicted molar refractivity (Wildman–Crippen MR) is 82.5 cm³/mol. The summed E-state index contributed by atoms with van der Waals surface area (Å²) in [4.78, 5) is 2.34. The minimum absolute atomic E-state index is 0.0777. The molecule has 1 saturated heterocycles. The number of benzene rings is 1. The molecule has 4 nitrogen and oxygen atoms in total. The van der Waals surface area contributed by atoms with Crippen molar-refractivity contribution in [3.05, 3.63) is 16.9 Å². The summed E-state index contributed by atoms with van der Waals surface area (Å²) in [6.45, 7) is 3.65. The van der Waals surface area contributed by atoms with Gasteiger partial charge < -0.3 is 16.8 Å². The molecule has 7 heteroatoms. The highest BCUT2D eigenvalue weighted by atomic mass is 35.5. The third-order valence-electron chi connectivity index (χ3n) is 3.10. The molecule has 0 amide bonds. The molecule has 0 unspecified atom stereocenters. The zero-order valence-electron chi connectivity index (χ0n) is 10.6. The van der Waals surface area contributed by atoms with Gasteiger partial charge in [0.15, 0.2) is 5.82 Å². The fraction of sp³-hybridized carbons (Fsp3) is 0.500. The van der Waals surface area contributed by atoms with E-state index in [2.05, 4.69) is 10.2 Å². The summed E-state index contributed by atoms with van der Waals surface area (Å²) in [7, 11) is 0. The molecule has 5 N–H and O–H groups in total. The molecule has 19 heavy (non-hydrogen) atoms. The van der Waals surface area contributed by atoms with Crippen molar-refractivity contribution in [2.75, 3.05) is 54.5 Å². The van der Waals surface area contributed by atoms with E-state index in [1.807, 2.05) is 11.8 Å². The normalized spacial score (nSPS) is 16.5. The molecule has 1 aliphatic rings. The van der Waals surface area contributed by atoms with E-state index in [9.17, 15) is 4.39 Å². The fourth-order valence-corrected chi connectivity index (χ4v) is 3.14. The monoisotopic (exact) mass is 304 g/mol. The van der Waals surface area contributed by atoms with Crippen LogP contribution in [-0.2, 0) is 0 Å². The minimum Gasteiger partial charge on any atom is -0.397 e. The number of nitrogens with one attached hydrogen (secondary N) is 1. The van der Waals surface area contributed by atoms with Gasteiger partial charge in [-0.15, -0.1) is 0 Å². The first-order chi connectivity index (χ1) is 9.09. The van der Waals surface area contributed by atoms with Crippen LogP contribution < -0.4 is 16.8 Å². The summed E-state index contributed by atoms with van der Waals surface area (Å²) in [6, 6.07) is 1.48. The van der Waals surface area contributed by atoms with Crippen LogP contribution in [0.25, 0.3) is 0 Å². The van der Waals surface area contributed by atoms with Crippen molar-refractivity contribution >= 4 is 40.4 Å². The minimum atomic E-state index is -0.576. The molecule has 0 radical (unpaired) electrons. The largest absolute Gasteiger partial charge is 0.397 e. The number of anilines is 3. The molecule has 1 aliphatic heterocycles. The van der Waals surface area contributed by atoms with E-state index in [1.54, 1.807) is 0 Å². The number of nitrogen functional groups attached to an aromatic ring is 2. The lowest BCUT2D eigenvalue weighted by Gasteiger charge is -2.26. The quantitative estimate of drug-likeness (QED) is 0.743. The lowest BCUT2D eigenvalue weighted by atomic mass is 10.2. The van der Waals surface area contributed by atoms with Gasteiger partial charge in [0.1, 0.15) is 5.02 Å². The first-order valence-corrected chi connectivity index (χ1v) is 7.69. The summed E-state index contributed by atoms with van der Waals surface area (Å²) < 4.78 is 13.9. The summed E-state index contributed by atoms with van der Waals surface area (Å²) in [6.07, 6.45) is 0. The fourth-order valence-electron chi connectivity index (χ4n) is 2.01. The molecule has 0 aliphatic carbocycles. The molecule has 0 bridgehead atoms. The number of hydrogen-bond acceptors (Lipinski definition) is 5. The van der Waals surface area contributed by atoms with Crippen molar-refractivity contribution < 1.29 is 4.39 Å². The standard InChI is InChI=1S/C12H18ClFN4S/c13-10-8(15)7-9(16)12(11(10)14)17-1-2-18-3-5-19-6-4-18/h7,17H,1-6,15-16H2. The lowest BCUT2D eigenvalue weighted by molar-refractivity contribution is 0.314. The van der Waals surface area contributed by atoms with Gasteiger partial charge >= 0.3 is 0 Å². The zero-order chi connectivity index (χ0) is 13.8. The SMILES string of the molecule is Nc1cc(N)c(NCCN2CCSCC2)c(F)c1Cl. The predicted octanol–water partition coefficient (Wildman–Crippen LogP) is 2.10. The molecule has 0 saturated carbocycles.